The summed E-state index contributed by atoms with van der Waals surface area (Å²) in [6.07, 6.45) is 0. The third-order valence-corrected chi connectivity index (χ3v) is 11.0. The van der Waals surface area contributed by atoms with Gasteiger partial charge in [-0.15, -0.1) is 0 Å². The molecule has 12 rings (SSSR count). The summed E-state index contributed by atoms with van der Waals surface area (Å²) in [6.45, 7) is 0. The lowest BCUT2D eigenvalue weighted by Gasteiger charge is -2.12. The second kappa shape index (κ2) is 9.87. The first kappa shape index (κ1) is 27.0. The predicted molar refractivity (Wildman–Crippen MR) is 214 cm³/mol. The van der Waals surface area contributed by atoms with Gasteiger partial charge < -0.3 is 13.4 Å². The van der Waals surface area contributed by atoms with Crippen LogP contribution in [-0.4, -0.2) is 8.97 Å². The molecule has 0 aliphatic rings. The van der Waals surface area contributed by atoms with E-state index in [9.17, 15) is 0 Å². The van der Waals surface area contributed by atoms with Crippen molar-refractivity contribution in [3.63, 3.8) is 0 Å². The molecule has 0 saturated carbocycles. The van der Waals surface area contributed by atoms with E-state index in [0.29, 0.717) is 0 Å². The number of nitrogens with zero attached hydrogens (tertiary/aromatic N) is 2. The lowest BCUT2D eigenvalue weighted by Crippen LogP contribution is -1.95. The molecule has 0 fully saturated rings. The van der Waals surface area contributed by atoms with Crippen molar-refractivity contribution in [3.05, 3.63) is 170 Å². The molecule has 4 aromatic heterocycles. The van der Waals surface area contributed by atoms with E-state index < -0.39 is 0 Å². The van der Waals surface area contributed by atoms with Crippen molar-refractivity contribution in [3.8, 4) is 27.9 Å². The smallest absolute Gasteiger partial charge is 0.136 e. The van der Waals surface area contributed by atoms with E-state index >= 15 is 0 Å². The molecule has 3 heteroatoms. The minimum atomic E-state index is 0.909. The first-order chi connectivity index (χ1) is 25.3. The molecule has 12 aromatic rings. The van der Waals surface area contributed by atoms with E-state index in [1.807, 2.05) is 6.07 Å². The fourth-order valence-corrected chi connectivity index (χ4v) is 9.03. The summed E-state index contributed by atoms with van der Waals surface area (Å²) in [7, 11) is 0. The van der Waals surface area contributed by atoms with Crippen LogP contribution in [0, 0.1) is 0 Å². The van der Waals surface area contributed by atoms with Crippen LogP contribution in [0.4, 0.5) is 0 Å². The highest BCUT2D eigenvalue weighted by atomic mass is 16.3. The predicted octanol–water partition coefficient (Wildman–Crippen LogP) is 13.2. The fourth-order valence-electron chi connectivity index (χ4n) is 9.03. The number of hydrogen-bond acceptors (Lipinski definition) is 1. The second-order valence-corrected chi connectivity index (χ2v) is 13.6. The molecular formula is C48H28N2O. The maximum absolute atomic E-state index is 6.29. The van der Waals surface area contributed by atoms with Crippen LogP contribution in [0.15, 0.2) is 174 Å². The third kappa shape index (κ3) is 3.52. The summed E-state index contributed by atoms with van der Waals surface area (Å²) < 4.78 is 11.3. The summed E-state index contributed by atoms with van der Waals surface area (Å²) >= 11 is 0. The van der Waals surface area contributed by atoms with Crippen LogP contribution in [0.1, 0.15) is 0 Å². The Labute approximate surface area is 292 Å². The van der Waals surface area contributed by atoms with E-state index in [-0.39, 0.29) is 0 Å². The third-order valence-electron chi connectivity index (χ3n) is 11.0. The number of aromatic nitrogens is 2. The Morgan fingerprint density at radius 2 is 1.00 bits per heavy atom. The Morgan fingerprint density at radius 3 is 1.92 bits per heavy atom. The maximum Gasteiger partial charge on any atom is 0.136 e. The zero-order valence-corrected chi connectivity index (χ0v) is 27.5. The van der Waals surface area contributed by atoms with Crippen LogP contribution in [0.5, 0.6) is 0 Å². The van der Waals surface area contributed by atoms with Crippen LogP contribution in [0.2, 0.25) is 0 Å². The number of hydrogen-bond donors (Lipinski definition) is 0. The van der Waals surface area contributed by atoms with Crippen LogP contribution >= 0.6 is 0 Å². The summed E-state index contributed by atoms with van der Waals surface area (Å²) in [5.74, 6) is 0. The average Bonchev–Trinajstić information content (AvgIpc) is 3.83. The summed E-state index contributed by atoms with van der Waals surface area (Å²) in [6, 6.07) is 61.7. The number of rotatable bonds is 3. The molecule has 0 saturated heterocycles. The monoisotopic (exact) mass is 648 g/mol. The van der Waals surface area contributed by atoms with Gasteiger partial charge in [0, 0.05) is 43.4 Å². The number of para-hydroxylation sites is 2. The van der Waals surface area contributed by atoms with Gasteiger partial charge in [-0.25, -0.2) is 0 Å². The van der Waals surface area contributed by atoms with Gasteiger partial charge in [0.25, 0.3) is 0 Å². The van der Waals surface area contributed by atoms with Crippen molar-refractivity contribution >= 4 is 81.8 Å². The normalized spacial score (nSPS) is 12.3. The minimum Gasteiger partial charge on any atom is -0.456 e. The topological polar surface area (TPSA) is 22.5 Å². The molecule has 4 heterocycles. The highest BCUT2D eigenvalue weighted by Crippen LogP contribution is 2.47. The van der Waals surface area contributed by atoms with Crippen molar-refractivity contribution in [1.82, 2.24) is 8.97 Å². The SMILES string of the molecule is c1ccc(-c2cccc3c2c2ccc4c5c6c(cccc6n4-c4cccc(-c6cccc7oc8ccccc8c67)c4)c4ccccc4n3c25)cc1. The molecule has 8 aromatic carbocycles. The molecule has 0 bridgehead atoms. The van der Waals surface area contributed by atoms with Crippen molar-refractivity contribution in [1.29, 1.82) is 0 Å². The van der Waals surface area contributed by atoms with Gasteiger partial charge in [-0.05, 0) is 76.2 Å². The first-order valence-electron chi connectivity index (χ1n) is 17.5. The molecule has 0 spiro atoms. The van der Waals surface area contributed by atoms with Crippen molar-refractivity contribution in [2.75, 3.05) is 0 Å². The molecule has 0 radical (unpaired) electrons. The van der Waals surface area contributed by atoms with E-state index in [1.165, 1.54) is 76.6 Å². The zero-order chi connectivity index (χ0) is 33.2. The standard InChI is InChI=1S/C48H28N2O/c1-2-12-29(13-3-1)32-18-9-22-39-44(32)37-26-27-41-47-46-35(34-16-4-6-21-38(34)50(39)48(37)47)20-10-23-40(46)49(41)31-15-8-14-30(28-31)33-19-11-25-43-45(33)36-17-5-7-24-42(36)51-43/h1-28H. The highest BCUT2D eigenvalue weighted by molar-refractivity contribution is 6.34. The molecule has 51 heavy (non-hydrogen) atoms. The first-order valence-corrected chi connectivity index (χ1v) is 17.5. The highest BCUT2D eigenvalue weighted by Gasteiger charge is 2.24. The largest absolute Gasteiger partial charge is 0.456 e. The van der Waals surface area contributed by atoms with Crippen molar-refractivity contribution in [2.24, 2.45) is 0 Å². The maximum atomic E-state index is 6.29. The molecule has 0 atom stereocenters. The van der Waals surface area contributed by atoms with E-state index in [0.717, 1.165) is 33.2 Å². The van der Waals surface area contributed by atoms with Gasteiger partial charge in [0.05, 0.1) is 27.6 Å². The van der Waals surface area contributed by atoms with Crippen molar-refractivity contribution < 1.29 is 4.42 Å². The van der Waals surface area contributed by atoms with E-state index in [2.05, 4.69) is 173 Å². The molecule has 0 aliphatic carbocycles. The zero-order valence-electron chi connectivity index (χ0n) is 27.5. The Bertz CT molecular complexity index is 3360. The van der Waals surface area contributed by atoms with Gasteiger partial charge >= 0.3 is 0 Å². The molecule has 236 valence electrons. The second-order valence-electron chi connectivity index (χ2n) is 13.6. The Hall–Kier alpha value is -6.84. The van der Waals surface area contributed by atoms with Crippen molar-refractivity contribution in [2.45, 2.75) is 0 Å². The fraction of sp³-hybridized carbons (Fsp3) is 0. The van der Waals surface area contributed by atoms with Gasteiger partial charge in [0.2, 0.25) is 0 Å². The molecule has 0 aliphatic heterocycles. The average molecular weight is 649 g/mol. The van der Waals surface area contributed by atoms with Gasteiger partial charge in [-0.2, -0.15) is 0 Å². The number of fused-ring (bicyclic) bond motifs is 9. The van der Waals surface area contributed by atoms with Gasteiger partial charge in [0.1, 0.15) is 11.2 Å². The van der Waals surface area contributed by atoms with Gasteiger partial charge in [-0.1, -0.05) is 121 Å². The van der Waals surface area contributed by atoms with Gasteiger partial charge in [-0.3, -0.25) is 0 Å². The molecule has 0 amide bonds. The Kier molecular flexibility index (Phi) is 5.23. The molecule has 0 unspecified atom stereocenters. The Balaban J connectivity index is 1.23. The number of furan rings is 1. The van der Waals surface area contributed by atoms with Crippen LogP contribution < -0.4 is 0 Å². The van der Waals surface area contributed by atoms with Crippen LogP contribution in [0.3, 0.4) is 0 Å². The summed E-state index contributed by atoms with van der Waals surface area (Å²) in [5, 5.41) is 9.95. The van der Waals surface area contributed by atoms with Gasteiger partial charge in [0.15, 0.2) is 0 Å². The molecular weight excluding hydrogens is 621 g/mol. The Morgan fingerprint density at radius 1 is 0.353 bits per heavy atom. The lowest BCUT2D eigenvalue weighted by atomic mass is 9.98. The summed E-state index contributed by atoms with van der Waals surface area (Å²) in [4.78, 5) is 0. The van der Waals surface area contributed by atoms with Crippen LogP contribution in [-0.2, 0) is 0 Å². The molecule has 3 nitrogen and oxygen atoms in total. The van der Waals surface area contributed by atoms with Crippen LogP contribution in [0.25, 0.3) is 110 Å². The quantitative estimate of drug-likeness (QED) is 0.187. The van der Waals surface area contributed by atoms with E-state index in [1.54, 1.807) is 0 Å². The van der Waals surface area contributed by atoms with E-state index in [4.69, 9.17) is 4.42 Å². The lowest BCUT2D eigenvalue weighted by molar-refractivity contribution is 0.669. The molecule has 0 N–H and O–H groups in total. The number of benzene rings is 8. The summed E-state index contributed by atoms with van der Waals surface area (Å²) in [5.41, 5.74) is 13.9. The minimum absolute atomic E-state index is 0.909.